The summed E-state index contributed by atoms with van der Waals surface area (Å²) in [6.07, 6.45) is -4.35. The lowest BCUT2D eigenvalue weighted by Crippen LogP contribution is -2.03. The molecule has 68 valence electrons. The first-order valence-electron chi connectivity index (χ1n) is 3.04. The molecule has 0 aliphatic heterocycles. The van der Waals surface area contributed by atoms with Gasteiger partial charge in [-0.15, -0.1) is 22.9 Å². The number of thiazole rings is 1. The van der Waals surface area contributed by atoms with Crippen molar-refractivity contribution in [2.45, 2.75) is 19.0 Å². The Morgan fingerprint density at radius 2 is 2.08 bits per heavy atom. The van der Waals surface area contributed by atoms with Crippen molar-refractivity contribution < 1.29 is 13.2 Å². The number of halogens is 4. The fourth-order valence-electron chi connectivity index (χ4n) is 0.673. The Bertz CT molecular complexity index is 281. The van der Waals surface area contributed by atoms with Crippen LogP contribution in [0.15, 0.2) is 0 Å². The van der Waals surface area contributed by atoms with E-state index in [0.717, 1.165) is 0 Å². The van der Waals surface area contributed by atoms with E-state index in [1.807, 2.05) is 0 Å². The van der Waals surface area contributed by atoms with Gasteiger partial charge in [0.1, 0.15) is 0 Å². The van der Waals surface area contributed by atoms with Gasteiger partial charge < -0.3 is 0 Å². The standard InChI is InChI=1S/C6H5ClF3NS/c1-3-4(2-7)12-5(11-3)6(8,9)10/h2H2,1H3. The molecule has 0 atom stereocenters. The Balaban J connectivity index is 3.05. The number of aryl methyl sites for hydroxylation is 1. The summed E-state index contributed by atoms with van der Waals surface area (Å²) >= 11 is 6.00. The number of hydrogen-bond donors (Lipinski definition) is 0. The van der Waals surface area contributed by atoms with Crippen molar-refractivity contribution in [3.8, 4) is 0 Å². The van der Waals surface area contributed by atoms with E-state index in [9.17, 15) is 13.2 Å². The Morgan fingerprint density at radius 3 is 2.33 bits per heavy atom. The maximum atomic E-state index is 12.0. The highest BCUT2D eigenvalue weighted by molar-refractivity contribution is 7.12. The van der Waals surface area contributed by atoms with Crippen LogP contribution in [0.5, 0.6) is 0 Å². The Kier molecular flexibility index (Phi) is 2.63. The zero-order chi connectivity index (χ0) is 9.35. The summed E-state index contributed by atoms with van der Waals surface area (Å²) in [5.74, 6) is 0.0829. The average Bonchev–Trinajstić information content (AvgIpc) is 2.29. The lowest BCUT2D eigenvalue weighted by atomic mass is 10.4. The van der Waals surface area contributed by atoms with Gasteiger partial charge in [0, 0.05) is 4.88 Å². The van der Waals surface area contributed by atoms with E-state index in [1.165, 1.54) is 6.92 Å². The van der Waals surface area contributed by atoms with Gasteiger partial charge in [-0.2, -0.15) is 13.2 Å². The Labute approximate surface area is 76.2 Å². The van der Waals surface area contributed by atoms with E-state index in [2.05, 4.69) is 4.98 Å². The lowest BCUT2D eigenvalue weighted by molar-refractivity contribution is -0.137. The van der Waals surface area contributed by atoms with Gasteiger partial charge in [-0.05, 0) is 6.92 Å². The van der Waals surface area contributed by atoms with Crippen LogP contribution in [-0.2, 0) is 12.1 Å². The van der Waals surface area contributed by atoms with Crippen LogP contribution < -0.4 is 0 Å². The first-order valence-corrected chi connectivity index (χ1v) is 4.39. The molecule has 0 aliphatic carbocycles. The monoisotopic (exact) mass is 215 g/mol. The van der Waals surface area contributed by atoms with Crippen LogP contribution in [0.3, 0.4) is 0 Å². The van der Waals surface area contributed by atoms with E-state index in [4.69, 9.17) is 11.6 Å². The topological polar surface area (TPSA) is 12.9 Å². The normalized spacial score (nSPS) is 12.1. The summed E-state index contributed by atoms with van der Waals surface area (Å²) < 4.78 is 36.1. The molecule has 0 spiro atoms. The molecule has 1 heterocycles. The first-order chi connectivity index (χ1) is 5.45. The minimum atomic E-state index is -4.35. The summed E-state index contributed by atoms with van der Waals surface area (Å²) in [4.78, 5) is 3.84. The molecule has 0 amide bonds. The summed E-state index contributed by atoms with van der Waals surface area (Å²) in [7, 11) is 0. The van der Waals surface area contributed by atoms with Crippen molar-refractivity contribution in [3.63, 3.8) is 0 Å². The van der Waals surface area contributed by atoms with Gasteiger partial charge in [-0.1, -0.05) is 0 Å². The number of rotatable bonds is 1. The molecule has 12 heavy (non-hydrogen) atoms. The third-order valence-electron chi connectivity index (χ3n) is 1.26. The Hall–Kier alpha value is -0.290. The first kappa shape index (κ1) is 9.80. The smallest absolute Gasteiger partial charge is 0.237 e. The predicted molar refractivity (Wildman–Crippen MR) is 41.4 cm³/mol. The van der Waals surface area contributed by atoms with Gasteiger partial charge in [-0.3, -0.25) is 0 Å². The molecule has 0 unspecified atom stereocenters. The molecule has 0 aromatic carbocycles. The number of alkyl halides is 4. The molecular weight excluding hydrogens is 211 g/mol. The second kappa shape index (κ2) is 3.22. The fraction of sp³-hybridized carbons (Fsp3) is 0.500. The lowest BCUT2D eigenvalue weighted by Gasteiger charge is -1.98. The second-order valence-corrected chi connectivity index (χ2v) is 3.51. The zero-order valence-electron chi connectivity index (χ0n) is 6.07. The maximum Gasteiger partial charge on any atom is 0.443 e. The van der Waals surface area contributed by atoms with Crippen LogP contribution in [0.4, 0.5) is 13.2 Å². The minimum absolute atomic E-state index is 0.0829. The summed E-state index contributed by atoms with van der Waals surface area (Å²) in [5, 5.41) is -0.823. The molecule has 0 N–H and O–H groups in total. The van der Waals surface area contributed by atoms with E-state index in [1.54, 1.807) is 0 Å². The largest absolute Gasteiger partial charge is 0.443 e. The molecule has 1 rings (SSSR count). The van der Waals surface area contributed by atoms with Crippen molar-refractivity contribution in [2.24, 2.45) is 0 Å². The predicted octanol–water partition coefficient (Wildman–Crippen LogP) is 3.21. The number of aromatic nitrogens is 1. The van der Waals surface area contributed by atoms with Crippen LogP contribution in [0.1, 0.15) is 15.6 Å². The molecule has 1 nitrogen and oxygen atoms in total. The quantitative estimate of drug-likeness (QED) is 0.656. The summed E-state index contributed by atoms with van der Waals surface area (Å²) in [5.41, 5.74) is 0.363. The molecular formula is C6H5ClF3NS. The SMILES string of the molecule is Cc1nc(C(F)(F)F)sc1CCl. The average molecular weight is 216 g/mol. The van der Waals surface area contributed by atoms with E-state index in [0.29, 0.717) is 21.9 Å². The number of hydrogen-bond acceptors (Lipinski definition) is 2. The van der Waals surface area contributed by atoms with Gasteiger partial charge in [-0.25, -0.2) is 4.98 Å². The zero-order valence-corrected chi connectivity index (χ0v) is 7.65. The Morgan fingerprint density at radius 1 is 1.50 bits per heavy atom. The summed E-state index contributed by atoms with van der Waals surface area (Å²) in [6.45, 7) is 1.52. The van der Waals surface area contributed by atoms with Crippen LogP contribution in [0.25, 0.3) is 0 Å². The van der Waals surface area contributed by atoms with Crippen molar-refractivity contribution in [2.75, 3.05) is 0 Å². The highest BCUT2D eigenvalue weighted by atomic mass is 35.5. The van der Waals surface area contributed by atoms with Crippen molar-refractivity contribution in [1.82, 2.24) is 4.98 Å². The van der Waals surface area contributed by atoms with Crippen LogP contribution in [0, 0.1) is 6.92 Å². The van der Waals surface area contributed by atoms with E-state index >= 15 is 0 Å². The van der Waals surface area contributed by atoms with Crippen LogP contribution in [-0.4, -0.2) is 4.98 Å². The fourth-order valence-corrected chi connectivity index (χ4v) is 1.81. The van der Waals surface area contributed by atoms with Gasteiger partial charge in [0.25, 0.3) is 0 Å². The molecule has 6 heteroatoms. The van der Waals surface area contributed by atoms with Crippen molar-refractivity contribution in [3.05, 3.63) is 15.6 Å². The third kappa shape index (κ3) is 1.90. The second-order valence-electron chi connectivity index (χ2n) is 2.16. The van der Waals surface area contributed by atoms with Crippen molar-refractivity contribution in [1.29, 1.82) is 0 Å². The van der Waals surface area contributed by atoms with Crippen LogP contribution in [0.2, 0.25) is 0 Å². The third-order valence-corrected chi connectivity index (χ3v) is 2.88. The number of nitrogens with zero attached hydrogens (tertiary/aromatic N) is 1. The molecule has 1 aromatic rings. The maximum absolute atomic E-state index is 12.0. The van der Waals surface area contributed by atoms with Crippen molar-refractivity contribution >= 4 is 22.9 Å². The minimum Gasteiger partial charge on any atom is -0.237 e. The molecule has 0 saturated carbocycles. The van der Waals surface area contributed by atoms with Gasteiger partial charge in [0.05, 0.1) is 11.6 Å². The van der Waals surface area contributed by atoms with Crippen LogP contribution >= 0.6 is 22.9 Å². The molecule has 0 saturated heterocycles. The van der Waals surface area contributed by atoms with Gasteiger partial charge >= 0.3 is 6.18 Å². The van der Waals surface area contributed by atoms with Gasteiger partial charge in [0.2, 0.25) is 0 Å². The summed E-state index contributed by atoms with van der Waals surface area (Å²) in [6, 6.07) is 0. The molecule has 0 aliphatic rings. The molecule has 1 aromatic heterocycles. The van der Waals surface area contributed by atoms with E-state index in [-0.39, 0.29) is 5.88 Å². The molecule has 0 fully saturated rings. The highest BCUT2D eigenvalue weighted by Crippen LogP contribution is 2.34. The van der Waals surface area contributed by atoms with Gasteiger partial charge in [0.15, 0.2) is 5.01 Å². The highest BCUT2D eigenvalue weighted by Gasteiger charge is 2.35. The molecule has 0 bridgehead atoms. The molecule has 0 radical (unpaired) electrons. The van der Waals surface area contributed by atoms with E-state index < -0.39 is 11.2 Å².